The highest BCUT2D eigenvalue weighted by molar-refractivity contribution is 9.10. The van der Waals surface area contributed by atoms with E-state index in [1.165, 1.54) is 0 Å². The lowest BCUT2D eigenvalue weighted by atomic mass is 10.2. The number of hydrogen-bond donors (Lipinski definition) is 2. The van der Waals surface area contributed by atoms with Crippen LogP contribution >= 0.6 is 15.9 Å². The van der Waals surface area contributed by atoms with Crippen LogP contribution in [0.3, 0.4) is 0 Å². The molecule has 0 unspecified atom stereocenters. The molecule has 0 saturated heterocycles. The van der Waals surface area contributed by atoms with Crippen molar-refractivity contribution in [2.75, 3.05) is 5.43 Å². The standard InChI is InChI=1S/C16H12BrN3O/c17-12-6-8-13(9-7-12)19-20-16(21)15-10-5-11-3-1-2-4-14(11)18-15/h1-10,19H,(H,20,21). The van der Waals surface area contributed by atoms with Crippen molar-refractivity contribution in [2.45, 2.75) is 0 Å². The van der Waals surface area contributed by atoms with E-state index < -0.39 is 0 Å². The highest BCUT2D eigenvalue weighted by atomic mass is 79.9. The molecule has 0 aliphatic rings. The molecular weight excluding hydrogens is 330 g/mol. The van der Waals surface area contributed by atoms with Gasteiger partial charge in [0.1, 0.15) is 5.69 Å². The van der Waals surface area contributed by atoms with Gasteiger partial charge in [-0.05, 0) is 36.4 Å². The third-order valence-electron chi connectivity index (χ3n) is 3.00. The summed E-state index contributed by atoms with van der Waals surface area (Å²) in [7, 11) is 0. The Labute approximate surface area is 130 Å². The number of rotatable bonds is 3. The van der Waals surface area contributed by atoms with E-state index in [1.54, 1.807) is 6.07 Å². The average Bonchev–Trinajstić information content (AvgIpc) is 2.53. The quantitative estimate of drug-likeness (QED) is 0.713. The molecule has 0 spiro atoms. The number of halogens is 1. The first-order valence-electron chi connectivity index (χ1n) is 6.40. The topological polar surface area (TPSA) is 54.0 Å². The van der Waals surface area contributed by atoms with E-state index in [4.69, 9.17) is 0 Å². The van der Waals surface area contributed by atoms with E-state index in [2.05, 4.69) is 31.8 Å². The number of nitrogens with one attached hydrogen (secondary N) is 2. The van der Waals surface area contributed by atoms with E-state index in [-0.39, 0.29) is 5.91 Å². The van der Waals surface area contributed by atoms with E-state index >= 15 is 0 Å². The number of nitrogens with zero attached hydrogens (tertiary/aromatic N) is 1. The van der Waals surface area contributed by atoms with Crippen molar-refractivity contribution in [3.63, 3.8) is 0 Å². The number of hydrazine groups is 1. The molecule has 0 bridgehead atoms. The molecule has 0 radical (unpaired) electrons. The van der Waals surface area contributed by atoms with Crippen LogP contribution in [0.5, 0.6) is 0 Å². The first kappa shape index (κ1) is 13.6. The minimum absolute atomic E-state index is 0.274. The Balaban J connectivity index is 1.73. The molecule has 104 valence electrons. The molecule has 0 atom stereocenters. The summed E-state index contributed by atoms with van der Waals surface area (Å²) in [5, 5.41) is 1.01. The van der Waals surface area contributed by atoms with Crippen molar-refractivity contribution in [3.8, 4) is 0 Å². The van der Waals surface area contributed by atoms with Crippen LogP contribution in [0.4, 0.5) is 5.69 Å². The van der Waals surface area contributed by atoms with Gasteiger partial charge in [0.15, 0.2) is 0 Å². The highest BCUT2D eigenvalue weighted by Crippen LogP contribution is 2.14. The van der Waals surface area contributed by atoms with Gasteiger partial charge in [0.2, 0.25) is 0 Å². The first-order chi connectivity index (χ1) is 10.2. The van der Waals surface area contributed by atoms with Crippen molar-refractivity contribution in [2.24, 2.45) is 0 Å². The lowest BCUT2D eigenvalue weighted by Crippen LogP contribution is -2.29. The predicted octanol–water partition coefficient (Wildman–Crippen LogP) is 3.75. The fraction of sp³-hybridized carbons (Fsp3) is 0. The van der Waals surface area contributed by atoms with Gasteiger partial charge in [0.25, 0.3) is 5.91 Å². The summed E-state index contributed by atoms with van der Waals surface area (Å²) in [4.78, 5) is 16.4. The summed E-state index contributed by atoms with van der Waals surface area (Å²) in [5.41, 5.74) is 7.46. The van der Waals surface area contributed by atoms with Gasteiger partial charge in [-0.2, -0.15) is 0 Å². The third-order valence-corrected chi connectivity index (χ3v) is 3.52. The van der Waals surface area contributed by atoms with Gasteiger partial charge < -0.3 is 0 Å². The normalized spacial score (nSPS) is 10.3. The molecule has 3 aromatic rings. The molecule has 0 fully saturated rings. The molecule has 21 heavy (non-hydrogen) atoms. The largest absolute Gasteiger partial charge is 0.298 e. The average molecular weight is 342 g/mol. The van der Waals surface area contributed by atoms with Gasteiger partial charge in [-0.25, -0.2) is 4.98 Å². The summed E-state index contributed by atoms with van der Waals surface area (Å²) in [5.74, 6) is -0.274. The summed E-state index contributed by atoms with van der Waals surface area (Å²) in [6.45, 7) is 0. The Kier molecular flexibility index (Phi) is 3.83. The van der Waals surface area contributed by atoms with Gasteiger partial charge in [-0.1, -0.05) is 40.2 Å². The SMILES string of the molecule is O=C(NNc1ccc(Br)cc1)c1ccc2ccccc2n1. The zero-order valence-electron chi connectivity index (χ0n) is 11.0. The lowest BCUT2D eigenvalue weighted by molar-refractivity contribution is 0.0958. The van der Waals surface area contributed by atoms with Gasteiger partial charge >= 0.3 is 0 Å². The molecule has 3 rings (SSSR count). The minimum Gasteiger partial charge on any atom is -0.298 e. The number of fused-ring (bicyclic) bond motifs is 1. The second-order valence-corrected chi connectivity index (χ2v) is 5.39. The Bertz CT molecular complexity index is 787. The molecule has 0 aliphatic carbocycles. The Hall–Kier alpha value is -2.40. The number of anilines is 1. The van der Waals surface area contributed by atoms with Gasteiger partial charge in [0.05, 0.1) is 11.2 Å². The molecular formula is C16H12BrN3O. The van der Waals surface area contributed by atoms with Crippen molar-refractivity contribution in [1.82, 2.24) is 10.4 Å². The van der Waals surface area contributed by atoms with Crippen molar-refractivity contribution in [1.29, 1.82) is 0 Å². The molecule has 1 aromatic heterocycles. The molecule has 0 aliphatic heterocycles. The summed E-state index contributed by atoms with van der Waals surface area (Å²) in [6.07, 6.45) is 0. The van der Waals surface area contributed by atoms with E-state index in [0.29, 0.717) is 5.69 Å². The van der Waals surface area contributed by atoms with Crippen molar-refractivity contribution >= 4 is 38.4 Å². The molecule has 1 amide bonds. The predicted molar refractivity (Wildman–Crippen MR) is 87.0 cm³/mol. The summed E-state index contributed by atoms with van der Waals surface area (Å²) in [6, 6.07) is 18.8. The van der Waals surface area contributed by atoms with Crippen LogP contribution in [0.2, 0.25) is 0 Å². The van der Waals surface area contributed by atoms with Crippen LogP contribution in [-0.4, -0.2) is 10.9 Å². The van der Waals surface area contributed by atoms with Crippen LogP contribution in [0, 0.1) is 0 Å². The molecule has 0 saturated carbocycles. The van der Waals surface area contributed by atoms with Gasteiger partial charge in [0, 0.05) is 9.86 Å². The number of pyridine rings is 1. The van der Waals surface area contributed by atoms with Crippen molar-refractivity contribution < 1.29 is 4.79 Å². The highest BCUT2D eigenvalue weighted by Gasteiger charge is 2.07. The molecule has 2 aromatic carbocycles. The lowest BCUT2D eigenvalue weighted by Gasteiger charge is -2.08. The molecule has 5 heteroatoms. The summed E-state index contributed by atoms with van der Waals surface area (Å²) >= 11 is 3.36. The maximum Gasteiger partial charge on any atom is 0.288 e. The fourth-order valence-electron chi connectivity index (χ4n) is 1.92. The van der Waals surface area contributed by atoms with E-state index in [0.717, 1.165) is 21.1 Å². The molecule has 1 heterocycles. The third kappa shape index (κ3) is 3.20. The zero-order chi connectivity index (χ0) is 14.7. The number of carbonyl (C=O) groups excluding carboxylic acids is 1. The maximum atomic E-state index is 12.1. The maximum absolute atomic E-state index is 12.1. The smallest absolute Gasteiger partial charge is 0.288 e. The number of carbonyl (C=O) groups is 1. The second-order valence-electron chi connectivity index (χ2n) is 4.48. The molecule has 2 N–H and O–H groups in total. The van der Waals surface area contributed by atoms with Gasteiger partial charge in [-0.3, -0.25) is 15.6 Å². The number of aromatic nitrogens is 1. The van der Waals surface area contributed by atoms with Crippen molar-refractivity contribution in [3.05, 3.63) is 70.8 Å². The van der Waals surface area contributed by atoms with Crippen LogP contribution in [0.15, 0.2) is 65.1 Å². The van der Waals surface area contributed by atoms with E-state index in [1.807, 2.05) is 54.6 Å². The number of hydrogen-bond acceptors (Lipinski definition) is 3. The number of benzene rings is 2. The Morgan fingerprint density at radius 3 is 2.52 bits per heavy atom. The zero-order valence-corrected chi connectivity index (χ0v) is 12.6. The fourth-order valence-corrected chi connectivity index (χ4v) is 2.18. The summed E-state index contributed by atoms with van der Waals surface area (Å²) < 4.78 is 0.982. The minimum atomic E-state index is -0.274. The van der Waals surface area contributed by atoms with E-state index in [9.17, 15) is 4.79 Å². The number of amides is 1. The Morgan fingerprint density at radius 2 is 1.71 bits per heavy atom. The van der Waals surface area contributed by atoms with Crippen LogP contribution in [-0.2, 0) is 0 Å². The van der Waals surface area contributed by atoms with Crippen LogP contribution in [0.25, 0.3) is 10.9 Å². The van der Waals surface area contributed by atoms with Crippen LogP contribution in [0.1, 0.15) is 10.5 Å². The second kappa shape index (κ2) is 5.93. The Morgan fingerprint density at radius 1 is 0.952 bits per heavy atom. The molecule has 4 nitrogen and oxygen atoms in total. The number of para-hydroxylation sites is 1. The first-order valence-corrected chi connectivity index (χ1v) is 7.19. The monoisotopic (exact) mass is 341 g/mol. The van der Waals surface area contributed by atoms with Crippen LogP contribution < -0.4 is 10.9 Å². The van der Waals surface area contributed by atoms with Gasteiger partial charge in [-0.15, -0.1) is 0 Å².